The number of nitrogens with zero attached hydrogens (tertiary/aromatic N) is 3. The molecule has 2 amide bonds. The van der Waals surface area contributed by atoms with Crippen molar-refractivity contribution in [2.75, 3.05) is 18.0 Å². The SMILES string of the molecule is O=C(c1cccc(N2CCCC2=O)c1)N1Cc2[nH]cnc2C(c2ccccc2)C1. The first kappa shape index (κ1) is 17.7. The Morgan fingerprint density at radius 2 is 1.97 bits per heavy atom. The topological polar surface area (TPSA) is 69.3 Å². The van der Waals surface area contributed by atoms with Crippen LogP contribution < -0.4 is 4.90 Å². The van der Waals surface area contributed by atoms with E-state index in [1.54, 1.807) is 11.2 Å². The second kappa shape index (κ2) is 7.20. The maximum atomic E-state index is 13.3. The van der Waals surface area contributed by atoms with E-state index in [4.69, 9.17) is 0 Å². The van der Waals surface area contributed by atoms with Gasteiger partial charge >= 0.3 is 0 Å². The van der Waals surface area contributed by atoms with Gasteiger partial charge in [-0.2, -0.15) is 0 Å². The number of carbonyl (C=O) groups is 2. The highest BCUT2D eigenvalue weighted by atomic mass is 16.2. The number of H-pyrrole nitrogens is 1. The van der Waals surface area contributed by atoms with E-state index in [0.29, 0.717) is 31.6 Å². The minimum atomic E-state index is -0.0281. The summed E-state index contributed by atoms with van der Waals surface area (Å²) in [4.78, 5) is 36.8. The number of amides is 2. The number of anilines is 1. The quantitative estimate of drug-likeness (QED) is 0.751. The van der Waals surface area contributed by atoms with Crippen molar-refractivity contribution in [3.8, 4) is 0 Å². The fraction of sp³-hybridized carbons (Fsp3) is 0.261. The molecule has 3 aromatic rings. The van der Waals surface area contributed by atoms with Crippen LogP contribution in [-0.4, -0.2) is 39.8 Å². The van der Waals surface area contributed by atoms with Crippen LogP contribution in [0.4, 0.5) is 5.69 Å². The molecular weight excluding hydrogens is 364 g/mol. The lowest BCUT2D eigenvalue weighted by Gasteiger charge is -2.32. The van der Waals surface area contributed by atoms with Crippen LogP contribution in [0.1, 0.15) is 46.1 Å². The minimum absolute atomic E-state index is 0.0281. The molecule has 0 radical (unpaired) electrons. The average molecular weight is 386 g/mol. The molecule has 0 spiro atoms. The van der Waals surface area contributed by atoms with E-state index >= 15 is 0 Å². The molecule has 0 aliphatic carbocycles. The maximum Gasteiger partial charge on any atom is 0.254 e. The molecule has 0 saturated carbocycles. The van der Waals surface area contributed by atoms with Gasteiger partial charge in [-0.25, -0.2) is 4.98 Å². The Labute approximate surface area is 169 Å². The van der Waals surface area contributed by atoms with Crippen LogP contribution in [0, 0.1) is 0 Å². The number of hydrogen-bond acceptors (Lipinski definition) is 3. The standard InChI is InChI=1S/C23H22N4O2/c28-21-10-5-11-27(21)18-9-4-8-17(12-18)23(29)26-13-19(16-6-2-1-3-7-16)22-20(14-26)24-15-25-22/h1-4,6-9,12,15,19H,5,10-11,13-14H2,(H,24,25). The van der Waals surface area contributed by atoms with Crippen LogP contribution >= 0.6 is 0 Å². The molecule has 5 rings (SSSR count). The molecule has 2 aliphatic heterocycles. The van der Waals surface area contributed by atoms with Gasteiger partial charge in [-0.15, -0.1) is 0 Å². The summed E-state index contributed by atoms with van der Waals surface area (Å²) in [6.45, 7) is 1.80. The summed E-state index contributed by atoms with van der Waals surface area (Å²) in [7, 11) is 0. The lowest BCUT2D eigenvalue weighted by molar-refractivity contribution is -0.117. The average Bonchev–Trinajstić information content (AvgIpc) is 3.42. The van der Waals surface area contributed by atoms with Gasteiger partial charge < -0.3 is 14.8 Å². The summed E-state index contributed by atoms with van der Waals surface area (Å²) >= 11 is 0. The van der Waals surface area contributed by atoms with Crippen molar-refractivity contribution in [1.29, 1.82) is 0 Å². The number of rotatable bonds is 3. The van der Waals surface area contributed by atoms with Gasteiger partial charge in [0.1, 0.15) is 0 Å². The third-order valence-electron chi connectivity index (χ3n) is 5.80. The zero-order chi connectivity index (χ0) is 19.8. The predicted molar refractivity (Wildman–Crippen MR) is 110 cm³/mol. The lowest BCUT2D eigenvalue weighted by Crippen LogP contribution is -2.38. The van der Waals surface area contributed by atoms with Crippen molar-refractivity contribution in [3.05, 3.63) is 83.4 Å². The van der Waals surface area contributed by atoms with Gasteiger partial charge in [0.2, 0.25) is 5.91 Å². The molecule has 6 heteroatoms. The van der Waals surface area contributed by atoms with Gasteiger partial charge in [-0.3, -0.25) is 9.59 Å². The smallest absolute Gasteiger partial charge is 0.254 e. The van der Waals surface area contributed by atoms with E-state index in [9.17, 15) is 9.59 Å². The number of hydrogen-bond donors (Lipinski definition) is 1. The summed E-state index contributed by atoms with van der Waals surface area (Å²) in [5.74, 6) is 0.136. The van der Waals surface area contributed by atoms with Crippen molar-refractivity contribution in [2.45, 2.75) is 25.3 Å². The summed E-state index contributed by atoms with van der Waals surface area (Å²) in [6.07, 6.45) is 3.14. The van der Waals surface area contributed by atoms with E-state index in [1.165, 1.54) is 0 Å². The van der Waals surface area contributed by atoms with Crippen LogP contribution in [0.3, 0.4) is 0 Å². The third kappa shape index (κ3) is 3.20. The van der Waals surface area contributed by atoms with E-state index in [1.807, 2.05) is 47.4 Å². The molecule has 1 unspecified atom stereocenters. The summed E-state index contributed by atoms with van der Waals surface area (Å²) in [5, 5.41) is 0. The number of nitrogens with one attached hydrogen (secondary N) is 1. The zero-order valence-corrected chi connectivity index (χ0v) is 16.0. The van der Waals surface area contributed by atoms with Gasteiger partial charge in [0.05, 0.1) is 24.3 Å². The normalized spacial score (nSPS) is 18.8. The number of aromatic nitrogens is 2. The lowest BCUT2D eigenvalue weighted by atomic mass is 9.90. The molecular formula is C23H22N4O2. The molecule has 1 fully saturated rings. The first-order valence-corrected chi connectivity index (χ1v) is 9.97. The molecule has 1 saturated heterocycles. The molecule has 1 N–H and O–H groups in total. The number of carbonyl (C=O) groups excluding carboxylic acids is 2. The van der Waals surface area contributed by atoms with Crippen molar-refractivity contribution in [1.82, 2.24) is 14.9 Å². The van der Waals surface area contributed by atoms with Gasteiger partial charge in [0.15, 0.2) is 0 Å². The van der Waals surface area contributed by atoms with Crippen LogP contribution in [0.5, 0.6) is 0 Å². The Hall–Kier alpha value is -3.41. The number of imidazole rings is 1. The van der Waals surface area contributed by atoms with Crippen molar-refractivity contribution in [3.63, 3.8) is 0 Å². The number of fused-ring (bicyclic) bond motifs is 1. The van der Waals surface area contributed by atoms with E-state index in [-0.39, 0.29) is 17.7 Å². The molecule has 1 atom stereocenters. The zero-order valence-electron chi connectivity index (χ0n) is 16.0. The first-order chi connectivity index (χ1) is 14.2. The van der Waals surface area contributed by atoms with Crippen LogP contribution in [-0.2, 0) is 11.3 Å². The minimum Gasteiger partial charge on any atom is -0.347 e. The summed E-state index contributed by atoms with van der Waals surface area (Å²) in [6, 6.07) is 17.6. The van der Waals surface area contributed by atoms with E-state index in [2.05, 4.69) is 22.1 Å². The molecule has 1 aromatic heterocycles. The molecule has 146 valence electrons. The third-order valence-corrected chi connectivity index (χ3v) is 5.80. The van der Waals surface area contributed by atoms with Gasteiger partial charge in [0, 0.05) is 36.7 Å². The van der Waals surface area contributed by atoms with Crippen LogP contribution in [0.2, 0.25) is 0 Å². The molecule has 0 bridgehead atoms. The molecule has 6 nitrogen and oxygen atoms in total. The Morgan fingerprint density at radius 1 is 1.10 bits per heavy atom. The maximum absolute atomic E-state index is 13.3. The summed E-state index contributed by atoms with van der Waals surface area (Å²) < 4.78 is 0. The molecule has 29 heavy (non-hydrogen) atoms. The van der Waals surface area contributed by atoms with E-state index < -0.39 is 0 Å². The highest BCUT2D eigenvalue weighted by Gasteiger charge is 2.32. The highest BCUT2D eigenvalue weighted by molar-refractivity contribution is 5.99. The van der Waals surface area contributed by atoms with Crippen molar-refractivity contribution in [2.24, 2.45) is 0 Å². The van der Waals surface area contributed by atoms with Crippen molar-refractivity contribution >= 4 is 17.5 Å². The van der Waals surface area contributed by atoms with Gasteiger partial charge in [0.25, 0.3) is 5.91 Å². The fourth-order valence-electron chi connectivity index (χ4n) is 4.33. The van der Waals surface area contributed by atoms with Crippen molar-refractivity contribution < 1.29 is 9.59 Å². The molecule has 3 heterocycles. The van der Waals surface area contributed by atoms with Crippen LogP contribution in [0.25, 0.3) is 0 Å². The van der Waals surface area contributed by atoms with Crippen LogP contribution in [0.15, 0.2) is 60.9 Å². The first-order valence-electron chi connectivity index (χ1n) is 9.97. The largest absolute Gasteiger partial charge is 0.347 e. The Morgan fingerprint density at radius 3 is 2.76 bits per heavy atom. The highest BCUT2D eigenvalue weighted by Crippen LogP contribution is 2.32. The summed E-state index contributed by atoms with van der Waals surface area (Å²) in [5.41, 5.74) is 4.55. The molecule has 2 aliphatic rings. The second-order valence-electron chi connectivity index (χ2n) is 7.61. The Bertz CT molecular complexity index is 1060. The molecule has 2 aromatic carbocycles. The van der Waals surface area contributed by atoms with Gasteiger partial charge in [-0.1, -0.05) is 36.4 Å². The second-order valence-corrected chi connectivity index (χ2v) is 7.61. The Kier molecular flexibility index (Phi) is 4.39. The predicted octanol–water partition coefficient (Wildman–Crippen LogP) is 3.32. The number of benzene rings is 2. The number of aromatic amines is 1. The van der Waals surface area contributed by atoms with E-state index in [0.717, 1.165) is 29.1 Å². The monoisotopic (exact) mass is 386 g/mol. The fourth-order valence-corrected chi connectivity index (χ4v) is 4.33. The van der Waals surface area contributed by atoms with Gasteiger partial charge in [-0.05, 0) is 30.2 Å². The Balaban J connectivity index is 1.44.